The number of aliphatic hydroxyl groups is 1. The number of hydrogen-bond acceptors (Lipinski definition) is 4. The van der Waals surface area contributed by atoms with Gasteiger partial charge in [-0.15, -0.1) is 0 Å². The molecule has 0 aromatic carbocycles. The first-order chi connectivity index (χ1) is 9.06. The average Bonchev–Trinajstić information content (AvgIpc) is 2.85. The first kappa shape index (κ1) is 14.3. The van der Waals surface area contributed by atoms with Crippen molar-refractivity contribution in [1.29, 1.82) is 0 Å². The number of ether oxygens (including phenoxy) is 1. The van der Waals surface area contributed by atoms with E-state index in [4.69, 9.17) is 4.74 Å². The van der Waals surface area contributed by atoms with Crippen molar-refractivity contribution in [2.24, 2.45) is 5.92 Å². The molecule has 0 saturated heterocycles. The standard InChI is InChI=1S/C13H17BrN2O3/c1-7-9-3-8(5-17)4-10(9)12(14)16-13(7)19-6-11(18)15-2/h8,17H,3-6H2,1-2H3,(H,15,18). The molecule has 0 spiro atoms. The SMILES string of the molecule is CNC(=O)COc1nc(Br)c2c(c1C)CC(CO)C2. The van der Waals surface area contributed by atoms with Gasteiger partial charge in [-0.2, -0.15) is 0 Å². The highest BCUT2D eigenvalue weighted by molar-refractivity contribution is 9.10. The number of halogens is 1. The lowest BCUT2D eigenvalue weighted by Gasteiger charge is -2.12. The Morgan fingerprint density at radius 3 is 2.84 bits per heavy atom. The maximum Gasteiger partial charge on any atom is 0.257 e. The van der Waals surface area contributed by atoms with Gasteiger partial charge in [0.25, 0.3) is 5.91 Å². The first-order valence-corrected chi connectivity index (χ1v) is 6.98. The molecule has 1 aliphatic rings. The molecule has 5 nitrogen and oxygen atoms in total. The summed E-state index contributed by atoms with van der Waals surface area (Å²) < 4.78 is 6.20. The Morgan fingerprint density at radius 2 is 2.21 bits per heavy atom. The first-order valence-electron chi connectivity index (χ1n) is 6.18. The number of carbonyl (C=O) groups is 1. The van der Waals surface area contributed by atoms with Crippen molar-refractivity contribution in [1.82, 2.24) is 10.3 Å². The van der Waals surface area contributed by atoms with Crippen LogP contribution in [0.3, 0.4) is 0 Å². The van der Waals surface area contributed by atoms with Gasteiger partial charge in [0, 0.05) is 19.2 Å². The van der Waals surface area contributed by atoms with E-state index in [0.717, 1.165) is 28.6 Å². The molecule has 1 unspecified atom stereocenters. The van der Waals surface area contributed by atoms with Crippen LogP contribution in [0.15, 0.2) is 4.60 Å². The fourth-order valence-corrected chi connectivity index (χ4v) is 2.89. The summed E-state index contributed by atoms with van der Waals surface area (Å²) in [4.78, 5) is 15.6. The number of rotatable bonds is 4. The van der Waals surface area contributed by atoms with Crippen LogP contribution < -0.4 is 10.1 Å². The van der Waals surface area contributed by atoms with Crippen molar-refractivity contribution in [3.63, 3.8) is 0 Å². The van der Waals surface area contributed by atoms with Crippen LogP contribution in [0.4, 0.5) is 0 Å². The minimum absolute atomic E-state index is 0.0427. The number of fused-ring (bicyclic) bond motifs is 1. The van der Waals surface area contributed by atoms with E-state index in [2.05, 4.69) is 26.2 Å². The fraction of sp³-hybridized carbons (Fsp3) is 0.538. The molecule has 2 rings (SSSR count). The third-order valence-corrected chi connectivity index (χ3v) is 4.11. The third kappa shape index (κ3) is 2.90. The largest absolute Gasteiger partial charge is 0.467 e. The molecule has 1 heterocycles. The van der Waals surface area contributed by atoms with Crippen molar-refractivity contribution in [2.75, 3.05) is 20.3 Å². The quantitative estimate of drug-likeness (QED) is 0.808. The lowest BCUT2D eigenvalue weighted by molar-refractivity contribution is -0.122. The van der Waals surface area contributed by atoms with Crippen LogP contribution >= 0.6 is 15.9 Å². The van der Waals surface area contributed by atoms with E-state index < -0.39 is 0 Å². The lowest BCUT2D eigenvalue weighted by atomic mass is 10.1. The Labute approximate surface area is 120 Å². The summed E-state index contributed by atoms with van der Waals surface area (Å²) in [5.41, 5.74) is 3.27. The second kappa shape index (κ2) is 5.88. The average molecular weight is 329 g/mol. The molecule has 104 valence electrons. The van der Waals surface area contributed by atoms with E-state index in [1.54, 1.807) is 7.05 Å². The normalized spacial score (nSPS) is 17.2. The Kier molecular flexibility index (Phi) is 4.42. The van der Waals surface area contributed by atoms with Crippen molar-refractivity contribution >= 4 is 21.8 Å². The molecule has 1 aromatic rings. The highest BCUT2D eigenvalue weighted by Gasteiger charge is 2.27. The van der Waals surface area contributed by atoms with Crippen molar-refractivity contribution < 1.29 is 14.6 Å². The van der Waals surface area contributed by atoms with Gasteiger partial charge in [-0.3, -0.25) is 4.79 Å². The summed E-state index contributed by atoms with van der Waals surface area (Å²) in [5, 5.41) is 11.8. The molecule has 6 heteroatoms. The monoisotopic (exact) mass is 328 g/mol. The van der Waals surface area contributed by atoms with E-state index in [-0.39, 0.29) is 25.0 Å². The van der Waals surface area contributed by atoms with Crippen LogP contribution in [0.5, 0.6) is 5.88 Å². The molecular weight excluding hydrogens is 312 g/mol. The van der Waals surface area contributed by atoms with Gasteiger partial charge in [-0.25, -0.2) is 4.98 Å². The van der Waals surface area contributed by atoms with E-state index in [1.165, 1.54) is 5.56 Å². The molecule has 19 heavy (non-hydrogen) atoms. The molecule has 0 fully saturated rings. The minimum atomic E-state index is -0.189. The maximum atomic E-state index is 11.2. The van der Waals surface area contributed by atoms with Crippen LogP contribution in [0, 0.1) is 12.8 Å². The Bertz CT molecular complexity index is 505. The number of nitrogens with one attached hydrogen (secondary N) is 1. The number of hydrogen-bond donors (Lipinski definition) is 2. The number of amides is 1. The zero-order valence-electron chi connectivity index (χ0n) is 11.0. The molecule has 0 bridgehead atoms. The molecular formula is C13H17BrN2O3. The number of nitrogens with zero attached hydrogens (tertiary/aromatic N) is 1. The van der Waals surface area contributed by atoms with Crippen LogP contribution in [0.2, 0.25) is 0 Å². The predicted molar refractivity (Wildman–Crippen MR) is 74.2 cm³/mol. The van der Waals surface area contributed by atoms with Gasteiger partial charge in [-0.1, -0.05) is 0 Å². The van der Waals surface area contributed by atoms with Gasteiger partial charge in [0.2, 0.25) is 5.88 Å². The number of aliphatic hydroxyl groups excluding tert-OH is 1. The number of carbonyl (C=O) groups excluding carboxylic acids is 1. The van der Waals surface area contributed by atoms with Crippen molar-refractivity contribution in [3.05, 3.63) is 21.3 Å². The zero-order valence-corrected chi connectivity index (χ0v) is 12.6. The highest BCUT2D eigenvalue weighted by atomic mass is 79.9. The van der Waals surface area contributed by atoms with Crippen LogP contribution in [-0.2, 0) is 17.6 Å². The predicted octanol–water partition coefficient (Wildman–Crippen LogP) is 0.984. The third-order valence-electron chi connectivity index (χ3n) is 3.45. The Hall–Kier alpha value is -1.14. The smallest absolute Gasteiger partial charge is 0.257 e. The van der Waals surface area contributed by atoms with E-state index in [0.29, 0.717) is 5.88 Å². The summed E-state index contributed by atoms with van der Waals surface area (Å²) in [6.07, 6.45) is 1.66. The summed E-state index contributed by atoms with van der Waals surface area (Å²) in [5.74, 6) is 0.542. The summed E-state index contributed by atoms with van der Waals surface area (Å²) >= 11 is 3.44. The molecule has 2 N–H and O–H groups in total. The molecule has 1 aliphatic carbocycles. The Morgan fingerprint density at radius 1 is 1.53 bits per heavy atom. The number of aromatic nitrogens is 1. The van der Waals surface area contributed by atoms with Crippen molar-refractivity contribution in [2.45, 2.75) is 19.8 Å². The molecule has 0 aliphatic heterocycles. The van der Waals surface area contributed by atoms with Gasteiger partial charge in [-0.05, 0) is 52.7 Å². The van der Waals surface area contributed by atoms with Gasteiger partial charge in [0.05, 0.1) is 0 Å². The molecule has 1 amide bonds. The summed E-state index contributed by atoms with van der Waals surface area (Å²) in [6, 6.07) is 0. The molecule has 0 radical (unpaired) electrons. The van der Waals surface area contributed by atoms with Gasteiger partial charge in [0.15, 0.2) is 6.61 Å². The Balaban J connectivity index is 2.24. The number of pyridine rings is 1. The van der Waals surface area contributed by atoms with E-state index >= 15 is 0 Å². The minimum Gasteiger partial charge on any atom is -0.467 e. The van der Waals surface area contributed by atoms with Crippen LogP contribution in [0.25, 0.3) is 0 Å². The molecule has 1 atom stereocenters. The maximum absolute atomic E-state index is 11.2. The highest BCUT2D eigenvalue weighted by Crippen LogP contribution is 2.36. The van der Waals surface area contributed by atoms with Gasteiger partial charge >= 0.3 is 0 Å². The van der Waals surface area contributed by atoms with E-state index in [9.17, 15) is 9.90 Å². The van der Waals surface area contributed by atoms with Crippen LogP contribution in [-0.4, -0.2) is 36.3 Å². The topological polar surface area (TPSA) is 71.5 Å². The second-order valence-corrected chi connectivity index (χ2v) is 5.46. The van der Waals surface area contributed by atoms with Crippen LogP contribution in [0.1, 0.15) is 16.7 Å². The zero-order chi connectivity index (χ0) is 14.0. The number of likely N-dealkylation sites (N-methyl/N-ethyl adjacent to an activating group) is 1. The summed E-state index contributed by atoms with van der Waals surface area (Å²) in [6.45, 7) is 2.07. The van der Waals surface area contributed by atoms with Gasteiger partial charge in [0.1, 0.15) is 4.60 Å². The summed E-state index contributed by atoms with van der Waals surface area (Å²) in [7, 11) is 1.57. The molecule has 1 aromatic heterocycles. The lowest BCUT2D eigenvalue weighted by Crippen LogP contribution is -2.25. The van der Waals surface area contributed by atoms with Gasteiger partial charge < -0.3 is 15.2 Å². The second-order valence-electron chi connectivity index (χ2n) is 4.71. The van der Waals surface area contributed by atoms with E-state index in [1.807, 2.05) is 6.92 Å². The fourth-order valence-electron chi connectivity index (χ4n) is 2.33. The van der Waals surface area contributed by atoms with Crippen molar-refractivity contribution in [3.8, 4) is 5.88 Å². The molecule has 0 saturated carbocycles.